The van der Waals surface area contributed by atoms with Crippen LogP contribution in [0.3, 0.4) is 0 Å². The number of nitrogens with zero attached hydrogens (tertiary/aromatic N) is 3. The SMILES string of the molecule is COc1cc(/C=N/NC(=O)CSc2nnc(SCc3cccc4ccccc34)s2)cc(OC)c1OC. The molecule has 3 aromatic carbocycles. The van der Waals surface area contributed by atoms with Crippen LogP contribution in [0.4, 0.5) is 0 Å². The first-order chi connectivity index (χ1) is 17.6. The minimum atomic E-state index is -0.246. The number of carbonyl (C=O) groups is 1. The van der Waals surface area contributed by atoms with Crippen LogP contribution in [0.25, 0.3) is 10.8 Å². The van der Waals surface area contributed by atoms with Gasteiger partial charge in [0.2, 0.25) is 5.75 Å². The Balaban J connectivity index is 1.27. The van der Waals surface area contributed by atoms with Crippen LogP contribution >= 0.6 is 34.9 Å². The minimum absolute atomic E-state index is 0.176. The van der Waals surface area contributed by atoms with Gasteiger partial charge in [0.25, 0.3) is 5.91 Å². The molecule has 0 spiro atoms. The monoisotopic (exact) mass is 540 g/mol. The molecule has 0 atom stereocenters. The lowest BCUT2D eigenvalue weighted by Crippen LogP contribution is -2.19. The van der Waals surface area contributed by atoms with Crippen molar-refractivity contribution >= 4 is 57.8 Å². The summed E-state index contributed by atoms with van der Waals surface area (Å²) in [5, 5.41) is 14.9. The number of hydrogen-bond acceptors (Lipinski definition) is 10. The molecule has 1 N–H and O–H groups in total. The molecule has 1 aromatic heterocycles. The van der Waals surface area contributed by atoms with Crippen LogP contribution < -0.4 is 19.6 Å². The van der Waals surface area contributed by atoms with Crippen molar-refractivity contribution in [2.24, 2.45) is 5.10 Å². The summed E-state index contributed by atoms with van der Waals surface area (Å²) < 4.78 is 17.6. The Hall–Kier alpha value is -3.28. The van der Waals surface area contributed by atoms with Crippen molar-refractivity contribution in [2.45, 2.75) is 14.4 Å². The fourth-order valence-electron chi connectivity index (χ4n) is 3.39. The van der Waals surface area contributed by atoms with Gasteiger partial charge in [-0.3, -0.25) is 4.79 Å². The van der Waals surface area contributed by atoms with Crippen LogP contribution in [-0.2, 0) is 10.5 Å². The smallest absolute Gasteiger partial charge is 0.250 e. The number of amides is 1. The van der Waals surface area contributed by atoms with Crippen molar-refractivity contribution in [3.63, 3.8) is 0 Å². The van der Waals surface area contributed by atoms with E-state index in [1.807, 2.05) is 6.07 Å². The van der Waals surface area contributed by atoms with E-state index in [0.29, 0.717) is 22.8 Å². The highest BCUT2D eigenvalue weighted by atomic mass is 32.2. The predicted octanol–water partition coefficient (Wildman–Crippen LogP) is 5.25. The van der Waals surface area contributed by atoms with Crippen molar-refractivity contribution in [1.29, 1.82) is 0 Å². The lowest BCUT2D eigenvalue weighted by Gasteiger charge is -2.12. The maximum atomic E-state index is 12.2. The molecule has 4 rings (SSSR count). The number of hydrazone groups is 1. The molecule has 0 radical (unpaired) electrons. The number of aromatic nitrogens is 2. The Bertz CT molecular complexity index is 1350. The minimum Gasteiger partial charge on any atom is -0.493 e. The number of carbonyl (C=O) groups excluding carboxylic acids is 1. The van der Waals surface area contributed by atoms with Gasteiger partial charge in [-0.2, -0.15) is 5.10 Å². The number of nitrogens with one attached hydrogen (secondary N) is 1. The Labute approximate surface area is 221 Å². The zero-order valence-electron chi connectivity index (χ0n) is 19.9. The maximum Gasteiger partial charge on any atom is 0.250 e. The maximum absolute atomic E-state index is 12.2. The molecule has 8 nitrogen and oxygen atoms in total. The first-order valence-electron chi connectivity index (χ1n) is 10.8. The standard InChI is InChI=1S/C25H24N4O4S3/c1-31-20-11-16(12-21(32-2)23(20)33-3)13-26-27-22(30)15-35-25-29-28-24(36-25)34-14-18-9-6-8-17-7-4-5-10-19(17)18/h4-13H,14-15H2,1-3H3,(H,27,30)/b26-13+. The largest absolute Gasteiger partial charge is 0.493 e. The Kier molecular flexibility index (Phi) is 9.04. The number of thioether (sulfide) groups is 2. The van der Waals surface area contributed by atoms with Crippen LogP contribution in [0.15, 0.2) is 68.4 Å². The fourth-order valence-corrected chi connectivity index (χ4v) is 6.20. The molecule has 0 fully saturated rings. The summed E-state index contributed by atoms with van der Waals surface area (Å²) in [6, 6.07) is 18.1. The first kappa shape index (κ1) is 25.8. The zero-order valence-corrected chi connectivity index (χ0v) is 22.3. The van der Waals surface area contributed by atoms with Crippen LogP contribution in [0, 0.1) is 0 Å². The van der Waals surface area contributed by atoms with Gasteiger partial charge in [-0.1, -0.05) is 77.3 Å². The molecule has 0 unspecified atom stereocenters. The van der Waals surface area contributed by atoms with Crippen LogP contribution in [-0.4, -0.2) is 49.4 Å². The summed E-state index contributed by atoms with van der Waals surface area (Å²) in [5.74, 6) is 2.23. The molecule has 186 valence electrons. The summed E-state index contributed by atoms with van der Waals surface area (Å²) in [4.78, 5) is 12.2. The topological polar surface area (TPSA) is 94.9 Å². The number of benzene rings is 3. The number of ether oxygens (including phenoxy) is 3. The summed E-state index contributed by atoms with van der Waals surface area (Å²) in [5.41, 5.74) is 4.47. The van der Waals surface area contributed by atoms with Gasteiger partial charge >= 0.3 is 0 Å². The van der Waals surface area contributed by atoms with E-state index in [4.69, 9.17) is 14.2 Å². The lowest BCUT2D eigenvalue weighted by molar-refractivity contribution is -0.118. The molecule has 0 aliphatic heterocycles. The summed E-state index contributed by atoms with van der Waals surface area (Å²) in [6.45, 7) is 0. The van der Waals surface area contributed by atoms with Crippen molar-refractivity contribution in [3.8, 4) is 17.2 Å². The Morgan fingerprint density at radius 3 is 2.39 bits per heavy atom. The van der Waals surface area contributed by atoms with Crippen LogP contribution in [0.5, 0.6) is 17.2 Å². The zero-order chi connectivity index (χ0) is 25.3. The summed E-state index contributed by atoms with van der Waals surface area (Å²) in [6.07, 6.45) is 1.51. The Morgan fingerprint density at radius 2 is 1.67 bits per heavy atom. The van der Waals surface area contributed by atoms with Gasteiger partial charge in [0.15, 0.2) is 20.2 Å². The second-order valence-corrected chi connectivity index (χ2v) is 10.7. The molecular weight excluding hydrogens is 517 g/mol. The average molecular weight is 541 g/mol. The highest BCUT2D eigenvalue weighted by Gasteiger charge is 2.13. The number of methoxy groups -OCH3 is 3. The average Bonchev–Trinajstić information content (AvgIpc) is 3.38. The van der Waals surface area contributed by atoms with Gasteiger partial charge < -0.3 is 14.2 Å². The second kappa shape index (κ2) is 12.6. The number of hydrogen-bond donors (Lipinski definition) is 1. The summed E-state index contributed by atoms with van der Waals surface area (Å²) in [7, 11) is 4.62. The van der Waals surface area contributed by atoms with Gasteiger partial charge in [-0.05, 0) is 28.5 Å². The van der Waals surface area contributed by atoms with E-state index in [-0.39, 0.29) is 11.7 Å². The number of fused-ring (bicyclic) bond motifs is 1. The molecule has 36 heavy (non-hydrogen) atoms. The third-order valence-electron chi connectivity index (χ3n) is 5.04. The third kappa shape index (κ3) is 6.48. The van der Waals surface area contributed by atoms with E-state index < -0.39 is 0 Å². The highest BCUT2D eigenvalue weighted by Crippen LogP contribution is 2.37. The molecule has 11 heteroatoms. The van der Waals surface area contributed by atoms with Gasteiger partial charge in [0.05, 0.1) is 33.3 Å². The molecular formula is C25H24N4O4S3. The van der Waals surface area contributed by atoms with Crippen LogP contribution in [0.1, 0.15) is 11.1 Å². The van der Waals surface area contributed by atoms with E-state index in [0.717, 1.165) is 14.4 Å². The van der Waals surface area contributed by atoms with Gasteiger partial charge in [0, 0.05) is 11.3 Å². The molecule has 0 aliphatic rings. The third-order valence-corrected chi connectivity index (χ3v) is 8.27. The van der Waals surface area contributed by atoms with Gasteiger partial charge in [-0.15, -0.1) is 10.2 Å². The predicted molar refractivity (Wildman–Crippen MR) is 146 cm³/mol. The normalized spacial score (nSPS) is 11.1. The summed E-state index contributed by atoms with van der Waals surface area (Å²) >= 11 is 4.45. The van der Waals surface area contributed by atoms with E-state index >= 15 is 0 Å². The highest BCUT2D eigenvalue weighted by molar-refractivity contribution is 8.03. The van der Waals surface area contributed by atoms with Gasteiger partial charge in [-0.25, -0.2) is 5.43 Å². The van der Waals surface area contributed by atoms with E-state index in [1.165, 1.54) is 67.0 Å². The van der Waals surface area contributed by atoms with Crippen molar-refractivity contribution in [1.82, 2.24) is 15.6 Å². The fraction of sp³-hybridized carbons (Fsp3) is 0.200. The molecule has 0 bridgehead atoms. The van der Waals surface area contributed by atoms with Crippen molar-refractivity contribution < 1.29 is 19.0 Å². The molecule has 4 aromatic rings. The second-order valence-electron chi connectivity index (χ2n) is 7.30. The molecule has 0 aliphatic carbocycles. The lowest BCUT2D eigenvalue weighted by atomic mass is 10.1. The molecule has 0 saturated heterocycles. The van der Waals surface area contributed by atoms with Crippen LogP contribution in [0.2, 0.25) is 0 Å². The molecule has 1 heterocycles. The quantitative estimate of drug-likeness (QED) is 0.157. The van der Waals surface area contributed by atoms with Crippen molar-refractivity contribution in [3.05, 3.63) is 65.7 Å². The molecule has 1 amide bonds. The Morgan fingerprint density at radius 1 is 0.972 bits per heavy atom. The first-order valence-corrected chi connectivity index (χ1v) is 13.6. The van der Waals surface area contributed by atoms with E-state index in [2.05, 4.69) is 57.1 Å². The van der Waals surface area contributed by atoms with E-state index in [1.54, 1.807) is 23.9 Å². The van der Waals surface area contributed by atoms with Gasteiger partial charge in [0.1, 0.15) is 0 Å². The van der Waals surface area contributed by atoms with E-state index in [9.17, 15) is 4.79 Å². The molecule has 0 saturated carbocycles. The number of rotatable bonds is 11. The van der Waals surface area contributed by atoms with Crippen molar-refractivity contribution in [2.75, 3.05) is 27.1 Å².